The van der Waals surface area contributed by atoms with Crippen LogP contribution in [0.3, 0.4) is 0 Å². The molecule has 0 bridgehead atoms. The summed E-state index contributed by atoms with van der Waals surface area (Å²) < 4.78 is 18.5. The van der Waals surface area contributed by atoms with E-state index in [-0.39, 0.29) is 11.9 Å². The van der Waals surface area contributed by atoms with E-state index in [0.717, 1.165) is 5.56 Å². The fourth-order valence-corrected chi connectivity index (χ4v) is 1.39. The Hall–Kier alpha value is -0.610. The lowest BCUT2D eigenvalue weighted by Crippen LogP contribution is -2.06. The summed E-state index contributed by atoms with van der Waals surface area (Å²) in [5.41, 5.74) is 6.34. The molecule has 0 saturated carbocycles. The van der Waals surface area contributed by atoms with Crippen LogP contribution in [0.5, 0.6) is 5.75 Å². The quantitative estimate of drug-likeness (QED) is 0.873. The van der Waals surface area contributed by atoms with E-state index in [1.807, 2.05) is 0 Å². The van der Waals surface area contributed by atoms with Crippen LogP contribution in [0, 0.1) is 5.82 Å². The maximum atomic E-state index is 13.2. The Bertz CT molecular complexity index is 315. The van der Waals surface area contributed by atoms with Crippen molar-refractivity contribution in [1.82, 2.24) is 0 Å². The highest BCUT2D eigenvalue weighted by Crippen LogP contribution is 2.30. The second-order valence-electron chi connectivity index (χ2n) is 2.81. The molecule has 2 N–H and O–H groups in total. The van der Waals surface area contributed by atoms with Gasteiger partial charge in [0.2, 0.25) is 0 Å². The molecule has 0 spiro atoms. The number of rotatable bonds is 2. The number of methoxy groups -OCH3 is 1. The number of halogens is 2. The summed E-state index contributed by atoms with van der Waals surface area (Å²) in [7, 11) is 1.49. The minimum atomic E-state index is -0.355. The second-order valence-corrected chi connectivity index (χ2v) is 3.60. The van der Waals surface area contributed by atoms with Crippen LogP contribution in [0.4, 0.5) is 4.39 Å². The largest absolute Gasteiger partial charge is 0.495 e. The molecule has 1 aromatic carbocycles. The Morgan fingerprint density at radius 1 is 1.54 bits per heavy atom. The van der Waals surface area contributed by atoms with E-state index in [1.165, 1.54) is 13.2 Å². The lowest BCUT2D eigenvalue weighted by Gasteiger charge is -2.10. The van der Waals surface area contributed by atoms with Gasteiger partial charge in [-0.25, -0.2) is 4.39 Å². The van der Waals surface area contributed by atoms with Crippen molar-refractivity contribution in [2.24, 2.45) is 5.73 Å². The van der Waals surface area contributed by atoms with Crippen LogP contribution in [-0.4, -0.2) is 7.11 Å². The zero-order valence-electron chi connectivity index (χ0n) is 7.47. The van der Waals surface area contributed by atoms with E-state index >= 15 is 0 Å². The normalized spacial score (nSPS) is 12.7. The van der Waals surface area contributed by atoms with Gasteiger partial charge in [-0.15, -0.1) is 0 Å². The SMILES string of the molecule is COc1cc(C(C)N)cc(F)c1Br. The average Bonchev–Trinajstić information content (AvgIpc) is 2.09. The zero-order chi connectivity index (χ0) is 10.0. The van der Waals surface area contributed by atoms with E-state index in [1.54, 1.807) is 13.0 Å². The first-order chi connectivity index (χ1) is 6.06. The van der Waals surface area contributed by atoms with E-state index in [0.29, 0.717) is 10.2 Å². The van der Waals surface area contributed by atoms with E-state index in [4.69, 9.17) is 10.5 Å². The van der Waals surface area contributed by atoms with E-state index < -0.39 is 0 Å². The minimum absolute atomic E-state index is 0.198. The van der Waals surface area contributed by atoms with Crippen molar-refractivity contribution in [2.45, 2.75) is 13.0 Å². The summed E-state index contributed by atoms with van der Waals surface area (Å²) in [5.74, 6) is 0.110. The molecule has 13 heavy (non-hydrogen) atoms. The number of benzene rings is 1. The molecule has 2 nitrogen and oxygen atoms in total. The molecule has 0 aromatic heterocycles. The molecule has 0 saturated heterocycles. The average molecular weight is 248 g/mol. The van der Waals surface area contributed by atoms with Crippen molar-refractivity contribution in [3.8, 4) is 5.75 Å². The molecule has 0 radical (unpaired) electrons. The predicted molar refractivity (Wildman–Crippen MR) is 53.3 cm³/mol. The molecule has 1 atom stereocenters. The molecule has 0 amide bonds. The Balaban J connectivity index is 3.22. The Kier molecular flexibility index (Phi) is 3.27. The Labute approximate surface area is 85.0 Å². The zero-order valence-corrected chi connectivity index (χ0v) is 9.06. The molecule has 1 rings (SSSR count). The third-order valence-corrected chi connectivity index (χ3v) is 2.53. The van der Waals surface area contributed by atoms with Crippen molar-refractivity contribution in [3.63, 3.8) is 0 Å². The third kappa shape index (κ3) is 2.19. The lowest BCUT2D eigenvalue weighted by atomic mass is 10.1. The molecule has 0 aliphatic carbocycles. The summed E-state index contributed by atoms with van der Waals surface area (Å²) >= 11 is 3.08. The number of hydrogen-bond acceptors (Lipinski definition) is 2. The summed E-state index contributed by atoms with van der Waals surface area (Å²) in [6.07, 6.45) is 0. The van der Waals surface area contributed by atoms with Crippen molar-refractivity contribution in [2.75, 3.05) is 7.11 Å². The maximum Gasteiger partial charge on any atom is 0.141 e. The summed E-state index contributed by atoms with van der Waals surface area (Å²) in [6, 6.07) is 2.92. The Morgan fingerprint density at radius 3 is 2.62 bits per heavy atom. The number of hydrogen-bond donors (Lipinski definition) is 1. The van der Waals surface area contributed by atoms with Gasteiger partial charge in [0.25, 0.3) is 0 Å². The molecule has 4 heteroatoms. The molecule has 0 aliphatic rings. The highest BCUT2D eigenvalue weighted by Gasteiger charge is 2.10. The van der Waals surface area contributed by atoms with Gasteiger partial charge in [0.1, 0.15) is 11.6 Å². The maximum absolute atomic E-state index is 13.2. The molecule has 1 unspecified atom stereocenters. The topological polar surface area (TPSA) is 35.2 Å². The molecular weight excluding hydrogens is 237 g/mol. The minimum Gasteiger partial charge on any atom is -0.495 e. The standard InChI is InChI=1S/C9H11BrFNO/c1-5(12)6-3-7(11)9(10)8(4-6)13-2/h3-5H,12H2,1-2H3. The molecule has 0 aliphatic heterocycles. The second kappa shape index (κ2) is 4.07. The van der Waals surface area contributed by atoms with E-state index in [9.17, 15) is 4.39 Å². The smallest absolute Gasteiger partial charge is 0.141 e. The fraction of sp³-hybridized carbons (Fsp3) is 0.333. The van der Waals surface area contributed by atoms with Gasteiger partial charge in [0.05, 0.1) is 11.6 Å². The monoisotopic (exact) mass is 247 g/mol. The highest BCUT2D eigenvalue weighted by molar-refractivity contribution is 9.10. The molecule has 1 aromatic rings. The van der Waals surface area contributed by atoms with Gasteiger partial charge in [0.15, 0.2) is 0 Å². The van der Waals surface area contributed by atoms with Crippen LogP contribution in [-0.2, 0) is 0 Å². The molecule has 72 valence electrons. The predicted octanol–water partition coefficient (Wildman–Crippen LogP) is 2.62. The van der Waals surface area contributed by atoms with Crippen molar-refractivity contribution in [3.05, 3.63) is 28.0 Å². The Morgan fingerprint density at radius 2 is 2.15 bits per heavy atom. The van der Waals surface area contributed by atoms with Gasteiger partial charge >= 0.3 is 0 Å². The number of ether oxygens (including phenoxy) is 1. The first kappa shape index (κ1) is 10.5. The van der Waals surface area contributed by atoms with Gasteiger partial charge in [-0.1, -0.05) is 0 Å². The summed E-state index contributed by atoms with van der Waals surface area (Å²) in [4.78, 5) is 0. The highest BCUT2D eigenvalue weighted by atomic mass is 79.9. The van der Waals surface area contributed by atoms with E-state index in [2.05, 4.69) is 15.9 Å². The van der Waals surface area contributed by atoms with Crippen molar-refractivity contribution >= 4 is 15.9 Å². The molecular formula is C9H11BrFNO. The van der Waals surface area contributed by atoms with Gasteiger partial charge in [-0.2, -0.15) is 0 Å². The number of nitrogens with two attached hydrogens (primary N) is 1. The van der Waals surface area contributed by atoms with Crippen LogP contribution < -0.4 is 10.5 Å². The van der Waals surface area contributed by atoms with Crippen molar-refractivity contribution < 1.29 is 9.13 Å². The van der Waals surface area contributed by atoms with Gasteiger partial charge in [-0.05, 0) is 40.5 Å². The van der Waals surface area contributed by atoms with Gasteiger partial charge < -0.3 is 10.5 Å². The van der Waals surface area contributed by atoms with Gasteiger partial charge in [0, 0.05) is 6.04 Å². The summed E-state index contributed by atoms with van der Waals surface area (Å²) in [5, 5.41) is 0. The third-order valence-electron chi connectivity index (χ3n) is 1.76. The summed E-state index contributed by atoms with van der Waals surface area (Å²) in [6.45, 7) is 1.79. The molecule has 0 fully saturated rings. The van der Waals surface area contributed by atoms with Gasteiger partial charge in [-0.3, -0.25) is 0 Å². The first-order valence-electron chi connectivity index (χ1n) is 3.84. The van der Waals surface area contributed by atoms with Crippen LogP contribution in [0.15, 0.2) is 16.6 Å². The van der Waals surface area contributed by atoms with Crippen LogP contribution in [0.2, 0.25) is 0 Å². The molecule has 0 heterocycles. The first-order valence-corrected chi connectivity index (χ1v) is 4.64. The fourth-order valence-electron chi connectivity index (χ4n) is 0.995. The van der Waals surface area contributed by atoms with Crippen LogP contribution in [0.1, 0.15) is 18.5 Å². The van der Waals surface area contributed by atoms with Crippen molar-refractivity contribution in [1.29, 1.82) is 0 Å². The van der Waals surface area contributed by atoms with Crippen LogP contribution in [0.25, 0.3) is 0 Å². The van der Waals surface area contributed by atoms with Crippen LogP contribution >= 0.6 is 15.9 Å². The lowest BCUT2D eigenvalue weighted by molar-refractivity contribution is 0.406.